The van der Waals surface area contributed by atoms with Crippen LogP contribution in [0.2, 0.25) is 0 Å². The summed E-state index contributed by atoms with van der Waals surface area (Å²) < 4.78 is 13.6. The maximum Gasteiger partial charge on any atom is 0.151 e. The highest BCUT2D eigenvalue weighted by molar-refractivity contribution is 5.69. The van der Waals surface area contributed by atoms with E-state index in [9.17, 15) is 4.39 Å². The lowest BCUT2D eigenvalue weighted by atomic mass is 10.1. The van der Waals surface area contributed by atoms with Crippen molar-refractivity contribution in [1.82, 2.24) is 4.98 Å². The average molecular weight is 256 g/mol. The van der Waals surface area contributed by atoms with Gasteiger partial charge in [-0.2, -0.15) is 5.26 Å². The summed E-state index contributed by atoms with van der Waals surface area (Å²) in [4.78, 5) is 4.07. The summed E-state index contributed by atoms with van der Waals surface area (Å²) >= 11 is 0. The summed E-state index contributed by atoms with van der Waals surface area (Å²) in [5, 5.41) is 11.9. The van der Waals surface area contributed by atoms with Gasteiger partial charge < -0.3 is 11.1 Å². The first-order valence-corrected chi connectivity index (χ1v) is 5.79. The van der Waals surface area contributed by atoms with Gasteiger partial charge in [-0.1, -0.05) is 18.2 Å². The number of nitrogens with zero attached hydrogens (tertiary/aromatic N) is 2. The number of nitriles is 1. The van der Waals surface area contributed by atoms with E-state index in [-0.39, 0.29) is 17.5 Å². The molecule has 19 heavy (non-hydrogen) atoms. The van der Waals surface area contributed by atoms with E-state index < -0.39 is 0 Å². The number of aromatic nitrogens is 1. The lowest BCUT2D eigenvalue weighted by molar-refractivity contribution is 0.600. The van der Waals surface area contributed by atoms with Gasteiger partial charge in [-0.3, -0.25) is 0 Å². The standard InChI is InChI=1S/C14H13FN4/c1-9(11-4-2-3-5-12(11)15)19-14-13(17)10(8-16)6-7-18-14/h2-7,9H,17H2,1H3,(H,18,19). The Labute approximate surface area is 110 Å². The molecule has 2 aromatic rings. The zero-order valence-electron chi connectivity index (χ0n) is 10.4. The minimum atomic E-state index is -0.301. The van der Waals surface area contributed by atoms with Crippen molar-refractivity contribution in [2.45, 2.75) is 13.0 Å². The van der Waals surface area contributed by atoms with Gasteiger partial charge in [0.2, 0.25) is 0 Å². The summed E-state index contributed by atoms with van der Waals surface area (Å²) in [7, 11) is 0. The molecule has 0 radical (unpaired) electrons. The molecule has 0 saturated heterocycles. The molecule has 0 saturated carbocycles. The number of nitrogen functional groups attached to an aromatic ring is 1. The smallest absolute Gasteiger partial charge is 0.151 e. The monoisotopic (exact) mass is 256 g/mol. The van der Waals surface area contributed by atoms with Crippen molar-refractivity contribution in [2.75, 3.05) is 11.1 Å². The van der Waals surface area contributed by atoms with Gasteiger partial charge in [0.05, 0.1) is 17.3 Å². The second-order valence-corrected chi connectivity index (χ2v) is 4.12. The van der Waals surface area contributed by atoms with Crippen molar-refractivity contribution in [2.24, 2.45) is 0 Å². The first-order valence-electron chi connectivity index (χ1n) is 5.79. The fourth-order valence-electron chi connectivity index (χ4n) is 1.79. The predicted octanol–water partition coefficient (Wildman–Crippen LogP) is 2.85. The molecule has 0 bridgehead atoms. The molecule has 1 aromatic carbocycles. The van der Waals surface area contributed by atoms with Crippen molar-refractivity contribution >= 4 is 11.5 Å². The van der Waals surface area contributed by atoms with Crippen LogP contribution in [-0.2, 0) is 0 Å². The summed E-state index contributed by atoms with van der Waals surface area (Å²) in [6.45, 7) is 1.80. The Morgan fingerprint density at radius 1 is 1.37 bits per heavy atom. The van der Waals surface area contributed by atoms with Crippen molar-refractivity contribution in [1.29, 1.82) is 5.26 Å². The molecule has 1 aromatic heterocycles. The Balaban J connectivity index is 2.28. The molecule has 3 N–H and O–H groups in total. The van der Waals surface area contributed by atoms with Crippen molar-refractivity contribution in [3.63, 3.8) is 0 Å². The molecule has 0 aliphatic rings. The van der Waals surface area contributed by atoms with E-state index in [4.69, 9.17) is 11.0 Å². The highest BCUT2D eigenvalue weighted by atomic mass is 19.1. The van der Waals surface area contributed by atoms with Gasteiger partial charge in [0.15, 0.2) is 5.82 Å². The van der Waals surface area contributed by atoms with Crippen molar-refractivity contribution < 1.29 is 4.39 Å². The third-order valence-corrected chi connectivity index (χ3v) is 2.84. The van der Waals surface area contributed by atoms with Gasteiger partial charge >= 0.3 is 0 Å². The molecule has 96 valence electrons. The first-order chi connectivity index (χ1) is 9.13. The Morgan fingerprint density at radius 2 is 2.11 bits per heavy atom. The highest BCUT2D eigenvalue weighted by Gasteiger charge is 2.13. The normalized spacial score (nSPS) is 11.6. The average Bonchev–Trinajstić information content (AvgIpc) is 2.41. The van der Waals surface area contributed by atoms with Crippen LogP contribution in [0.5, 0.6) is 0 Å². The van der Waals surface area contributed by atoms with Gasteiger partial charge in [-0.05, 0) is 19.1 Å². The maximum absolute atomic E-state index is 13.6. The number of rotatable bonds is 3. The minimum absolute atomic E-state index is 0.271. The zero-order chi connectivity index (χ0) is 13.8. The molecule has 0 aliphatic carbocycles. The van der Waals surface area contributed by atoms with Crippen LogP contribution in [0.3, 0.4) is 0 Å². The summed E-state index contributed by atoms with van der Waals surface area (Å²) in [5.74, 6) is 0.0901. The largest absolute Gasteiger partial charge is 0.395 e. The van der Waals surface area contributed by atoms with Crippen LogP contribution in [0.4, 0.5) is 15.9 Å². The number of nitrogens with two attached hydrogens (primary N) is 1. The van der Waals surface area contributed by atoms with E-state index in [0.29, 0.717) is 16.9 Å². The molecular weight excluding hydrogens is 243 g/mol. The van der Waals surface area contributed by atoms with E-state index in [1.807, 2.05) is 6.07 Å². The van der Waals surface area contributed by atoms with E-state index in [2.05, 4.69) is 10.3 Å². The molecule has 1 unspecified atom stereocenters. The van der Waals surface area contributed by atoms with Gasteiger partial charge in [-0.25, -0.2) is 9.37 Å². The van der Waals surface area contributed by atoms with Gasteiger partial charge in [0.25, 0.3) is 0 Å². The van der Waals surface area contributed by atoms with Crippen LogP contribution in [0.1, 0.15) is 24.1 Å². The molecule has 0 spiro atoms. The number of nitrogens with one attached hydrogen (secondary N) is 1. The van der Waals surface area contributed by atoms with Crippen LogP contribution in [-0.4, -0.2) is 4.98 Å². The third-order valence-electron chi connectivity index (χ3n) is 2.84. The van der Waals surface area contributed by atoms with E-state index in [0.717, 1.165) is 0 Å². The SMILES string of the molecule is CC(Nc1nccc(C#N)c1N)c1ccccc1F. The highest BCUT2D eigenvalue weighted by Crippen LogP contribution is 2.25. The second-order valence-electron chi connectivity index (χ2n) is 4.12. The molecular formula is C14H13FN4. The van der Waals surface area contributed by atoms with E-state index >= 15 is 0 Å². The number of hydrogen-bond donors (Lipinski definition) is 2. The van der Waals surface area contributed by atoms with E-state index in [1.165, 1.54) is 18.3 Å². The fourth-order valence-corrected chi connectivity index (χ4v) is 1.79. The van der Waals surface area contributed by atoms with Gasteiger partial charge in [0.1, 0.15) is 11.9 Å². The predicted molar refractivity (Wildman–Crippen MR) is 71.8 cm³/mol. The van der Waals surface area contributed by atoms with Crippen LogP contribution >= 0.6 is 0 Å². The molecule has 0 amide bonds. The number of pyridine rings is 1. The topological polar surface area (TPSA) is 74.7 Å². The first kappa shape index (κ1) is 12.8. The fraction of sp³-hybridized carbons (Fsp3) is 0.143. The van der Waals surface area contributed by atoms with Crippen LogP contribution in [0.15, 0.2) is 36.5 Å². The van der Waals surface area contributed by atoms with Crippen LogP contribution < -0.4 is 11.1 Å². The molecule has 0 fully saturated rings. The van der Waals surface area contributed by atoms with Gasteiger partial charge in [0, 0.05) is 11.8 Å². The summed E-state index contributed by atoms with van der Waals surface area (Å²) in [6, 6.07) is 9.70. The number of benzene rings is 1. The lowest BCUT2D eigenvalue weighted by Gasteiger charge is -2.17. The minimum Gasteiger partial charge on any atom is -0.395 e. The Bertz CT molecular complexity index is 634. The number of anilines is 2. The molecule has 2 rings (SSSR count). The van der Waals surface area contributed by atoms with Gasteiger partial charge in [-0.15, -0.1) is 0 Å². The Kier molecular flexibility index (Phi) is 3.62. The number of hydrogen-bond acceptors (Lipinski definition) is 4. The molecule has 4 nitrogen and oxygen atoms in total. The number of halogens is 1. The summed E-state index contributed by atoms with van der Waals surface area (Å²) in [5.41, 5.74) is 6.95. The van der Waals surface area contributed by atoms with Crippen LogP contribution in [0.25, 0.3) is 0 Å². The van der Waals surface area contributed by atoms with Crippen molar-refractivity contribution in [3.05, 3.63) is 53.5 Å². The maximum atomic E-state index is 13.6. The molecule has 5 heteroatoms. The third kappa shape index (κ3) is 2.63. The second kappa shape index (κ2) is 5.36. The molecule has 0 aliphatic heterocycles. The summed E-state index contributed by atoms with van der Waals surface area (Å²) in [6.07, 6.45) is 1.49. The molecule has 1 heterocycles. The lowest BCUT2D eigenvalue weighted by Crippen LogP contribution is -2.11. The van der Waals surface area contributed by atoms with E-state index in [1.54, 1.807) is 25.1 Å². The zero-order valence-corrected chi connectivity index (χ0v) is 10.4. The van der Waals surface area contributed by atoms with Crippen LogP contribution in [0, 0.1) is 17.1 Å². The quantitative estimate of drug-likeness (QED) is 0.885. The van der Waals surface area contributed by atoms with Crippen molar-refractivity contribution in [3.8, 4) is 6.07 Å². The Hall–Kier alpha value is -2.61. The molecule has 1 atom stereocenters. The Morgan fingerprint density at radius 3 is 2.79 bits per heavy atom.